The van der Waals surface area contributed by atoms with E-state index in [0.29, 0.717) is 19.5 Å². The highest BCUT2D eigenvalue weighted by Gasteiger charge is 2.36. The Labute approximate surface area is 118 Å². The van der Waals surface area contributed by atoms with Crippen LogP contribution in [0.15, 0.2) is 0 Å². The maximum atomic E-state index is 11.9. The largest absolute Gasteiger partial charge is 0.481 e. The SMILES string of the molecule is CC1CN(CC(=O)NC2CCS(=O)(=O)C2)CC1C(=O)O. The summed E-state index contributed by atoms with van der Waals surface area (Å²) in [5.74, 6) is -1.35. The van der Waals surface area contributed by atoms with Gasteiger partial charge in [-0.15, -0.1) is 0 Å². The van der Waals surface area contributed by atoms with Crippen molar-refractivity contribution in [1.29, 1.82) is 0 Å². The van der Waals surface area contributed by atoms with Gasteiger partial charge in [0.2, 0.25) is 5.91 Å². The molecule has 0 saturated carbocycles. The molecule has 2 N–H and O–H groups in total. The lowest BCUT2D eigenvalue weighted by molar-refractivity contribution is -0.142. The molecule has 2 rings (SSSR count). The Balaban J connectivity index is 1.80. The van der Waals surface area contributed by atoms with Gasteiger partial charge in [0.05, 0.1) is 24.0 Å². The number of likely N-dealkylation sites (tertiary alicyclic amines) is 1. The lowest BCUT2D eigenvalue weighted by atomic mass is 9.99. The molecule has 0 spiro atoms. The summed E-state index contributed by atoms with van der Waals surface area (Å²) in [7, 11) is -3.00. The van der Waals surface area contributed by atoms with Crippen LogP contribution in [-0.4, -0.2) is 67.5 Å². The first-order chi connectivity index (χ1) is 9.27. The topological polar surface area (TPSA) is 104 Å². The van der Waals surface area contributed by atoms with Crippen LogP contribution < -0.4 is 5.32 Å². The number of carbonyl (C=O) groups excluding carboxylic acids is 1. The molecule has 8 heteroatoms. The maximum Gasteiger partial charge on any atom is 0.308 e. The number of carboxylic acids is 1. The van der Waals surface area contributed by atoms with E-state index in [1.54, 1.807) is 0 Å². The Kier molecular flexibility index (Phi) is 4.33. The summed E-state index contributed by atoms with van der Waals surface area (Å²) in [6.45, 7) is 2.94. The molecule has 0 aromatic carbocycles. The third kappa shape index (κ3) is 3.69. The maximum absolute atomic E-state index is 11.9. The van der Waals surface area contributed by atoms with Crippen molar-refractivity contribution in [3.8, 4) is 0 Å². The number of hydrogen-bond donors (Lipinski definition) is 2. The summed E-state index contributed by atoms with van der Waals surface area (Å²) >= 11 is 0. The van der Waals surface area contributed by atoms with Gasteiger partial charge in [-0.3, -0.25) is 14.5 Å². The van der Waals surface area contributed by atoms with Crippen molar-refractivity contribution in [2.45, 2.75) is 19.4 Å². The van der Waals surface area contributed by atoms with Gasteiger partial charge in [0.1, 0.15) is 0 Å². The molecule has 0 aromatic heterocycles. The molecule has 0 aliphatic carbocycles. The number of nitrogens with one attached hydrogen (secondary N) is 1. The number of carbonyl (C=O) groups is 2. The van der Waals surface area contributed by atoms with Crippen LogP contribution in [0.25, 0.3) is 0 Å². The number of rotatable bonds is 4. The standard InChI is InChI=1S/C12H20N2O5S/c1-8-4-14(5-10(8)12(16)17)6-11(15)13-9-2-3-20(18,19)7-9/h8-10H,2-7H2,1H3,(H,13,15)(H,16,17). The normalized spacial score (nSPS) is 33.1. The van der Waals surface area contributed by atoms with Crippen molar-refractivity contribution in [2.24, 2.45) is 11.8 Å². The van der Waals surface area contributed by atoms with E-state index >= 15 is 0 Å². The minimum atomic E-state index is -3.00. The molecule has 0 aromatic rings. The minimum Gasteiger partial charge on any atom is -0.481 e. The third-order valence-electron chi connectivity index (χ3n) is 3.97. The molecule has 2 heterocycles. The van der Waals surface area contributed by atoms with E-state index in [-0.39, 0.29) is 35.9 Å². The fourth-order valence-electron chi connectivity index (χ4n) is 2.90. The monoisotopic (exact) mass is 304 g/mol. The summed E-state index contributed by atoms with van der Waals surface area (Å²) in [4.78, 5) is 24.7. The molecule has 3 unspecified atom stereocenters. The van der Waals surface area contributed by atoms with Crippen LogP contribution in [0.5, 0.6) is 0 Å². The average molecular weight is 304 g/mol. The van der Waals surface area contributed by atoms with Crippen molar-refractivity contribution in [3.63, 3.8) is 0 Å². The van der Waals surface area contributed by atoms with E-state index in [1.807, 2.05) is 11.8 Å². The van der Waals surface area contributed by atoms with E-state index < -0.39 is 21.7 Å². The summed E-state index contributed by atoms with van der Waals surface area (Å²) in [6.07, 6.45) is 0.461. The van der Waals surface area contributed by atoms with Crippen LogP contribution in [0.2, 0.25) is 0 Å². The molecule has 2 fully saturated rings. The van der Waals surface area contributed by atoms with Gasteiger partial charge in [-0.25, -0.2) is 8.42 Å². The van der Waals surface area contributed by atoms with Crippen molar-refractivity contribution >= 4 is 21.7 Å². The van der Waals surface area contributed by atoms with E-state index in [2.05, 4.69) is 5.32 Å². The van der Waals surface area contributed by atoms with Gasteiger partial charge in [0.25, 0.3) is 0 Å². The zero-order valence-electron chi connectivity index (χ0n) is 11.4. The molecular weight excluding hydrogens is 284 g/mol. The third-order valence-corrected chi connectivity index (χ3v) is 5.74. The number of hydrogen-bond acceptors (Lipinski definition) is 5. The van der Waals surface area contributed by atoms with Gasteiger partial charge in [0, 0.05) is 19.1 Å². The Morgan fingerprint density at radius 2 is 2.05 bits per heavy atom. The first-order valence-electron chi connectivity index (χ1n) is 6.72. The first-order valence-corrected chi connectivity index (χ1v) is 8.54. The van der Waals surface area contributed by atoms with Crippen molar-refractivity contribution in [3.05, 3.63) is 0 Å². The summed E-state index contributed by atoms with van der Waals surface area (Å²) < 4.78 is 22.6. The molecule has 1 amide bonds. The van der Waals surface area contributed by atoms with Gasteiger partial charge in [-0.1, -0.05) is 6.92 Å². The van der Waals surface area contributed by atoms with Gasteiger partial charge in [-0.2, -0.15) is 0 Å². The molecule has 2 saturated heterocycles. The molecule has 2 aliphatic heterocycles. The van der Waals surface area contributed by atoms with Crippen LogP contribution in [0.4, 0.5) is 0 Å². The molecule has 0 bridgehead atoms. The molecule has 20 heavy (non-hydrogen) atoms. The van der Waals surface area contributed by atoms with Crippen LogP contribution in [-0.2, 0) is 19.4 Å². The second kappa shape index (κ2) is 5.69. The highest BCUT2D eigenvalue weighted by Crippen LogP contribution is 2.22. The number of carboxylic acid groups (broad SMARTS) is 1. The smallest absolute Gasteiger partial charge is 0.308 e. The molecular formula is C12H20N2O5S. The van der Waals surface area contributed by atoms with E-state index in [0.717, 1.165) is 0 Å². The number of sulfone groups is 1. The highest BCUT2D eigenvalue weighted by atomic mass is 32.2. The minimum absolute atomic E-state index is 0.00684. The second-order valence-corrected chi connectivity index (χ2v) is 8.01. The summed E-state index contributed by atoms with van der Waals surface area (Å²) in [6, 6.07) is -0.303. The number of nitrogens with zero attached hydrogens (tertiary/aromatic N) is 1. The van der Waals surface area contributed by atoms with Gasteiger partial charge in [-0.05, 0) is 12.3 Å². The Morgan fingerprint density at radius 3 is 2.55 bits per heavy atom. The van der Waals surface area contributed by atoms with Crippen LogP contribution in [0.1, 0.15) is 13.3 Å². The Hall–Kier alpha value is -1.15. The Bertz CT molecular complexity index is 504. The number of amides is 1. The summed E-state index contributed by atoms with van der Waals surface area (Å²) in [5, 5.41) is 11.7. The Morgan fingerprint density at radius 1 is 1.35 bits per heavy atom. The van der Waals surface area contributed by atoms with Gasteiger partial charge in [0.15, 0.2) is 9.84 Å². The van der Waals surface area contributed by atoms with Crippen LogP contribution in [0, 0.1) is 11.8 Å². The quantitative estimate of drug-likeness (QED) is 0.686. The van der Waals surface area contributed by atoms with Crippen molar-refractivity contribution in [1.82, 2.24) is 10.2 Å². The van der Waals surface area contributed by atoms with Gasteiger partial charge < -0.3 is 10.4 Å². The highest BCUT2D eigenvalue weighted by molar-refractivity contribution is 7.91. The van der Waals surface area contributed by atoms with Crippen LogP contribution >= 0.6 is 0 Å². The molecule has 7 nitrogen and oxygen atoms in total. The molecule has 0 radical (unpaired) electrons. The lowest BCUT2D eigenvalue weighted by Crippen LogP contribution is -2.42. The van der Waals surface area contributed by atoms with E-state index in [4.69, 9.17) is 5.11 Å². The predicted octanol–water partition coefficient (Wildman–Crippen LogP) is -1.06. The molecule has 3 atom stereocenters. The number of aliphatic carboxylic acids is 1. The average Bonchev–Trinajstić information content (AvgIpc) is 2.81. The fraction of sp³-hybridized carbons (Fsp3) is 0.833. The molecule has 2 aliphatic rings. The lowest BCUT2D eigenvalue weighted by Gasteiger charge is -2.17. The van der Waals surface area contributed by atoms with E-state index in [9.17, 15) is 18.0 Å². The first kappa shape index (κ1) is 15.2. The van der Waals surface area contributed by atoms with Gasteiger partial charge >= 0.3 is 5.97 Å². The fourth-order valence-corrected chi connectivity index (χ4v) is 4.58. The van der Waals surface area contributed by atoms with Crippen molar-refractivity contribution < 1.29 is 23.1 Å². The predicted molar refractivity (Wildman–Crippen MR) is 71.9 cm³/mol. The van der Waals surface area contributed by atoms with Crippen LogP contribution in [0.3, 0.4) is 0 Å². The zero-order valence-corrected chi connectivity index (χ0v) is 12.2. The van der Waals surface area contributed by atoms with E-state index in [1.165, 1.54) is 0 Å². The molecule has 114 valence electrons. The summed E-state index contributed by atoms with van der Waals surface area (Å²) in [5.41, 5.74) is 0. The van der Waals surface area contributed by atoms with Crippen molar-refractivity contribution in [2.75, 3.05) is 31.1 Å². The zero-order chi connectivity index (χ0) is 14.9. The second-order valence-electron chi connectivity index (χ2n) is 5.78.